The predicted octanol–water partition coefficient (Wildman–Crippen LogP) is 2.41. The van der Waals surface area contributed by atoms with E-state index < -0.39 is 11.9 Å². The molecule has 5 nitrogen and oxygen atoms in total. The highest BCUT2D eigenvalue weighted by molar-refractivity contribution is 5.92. The number of hydrogen-bond donors (Lipinski definition) is 1. The minimum absolute atomic E-state index is 0.271. The molecule has 0 atom stereocenters. The van der Waals surface area contributed by atoms with Crippen molar-refractivity contribution in [2.45, 2.75) is 6.42 Å². The molecule has 2 rings (SSSR count). The maximum atomic E-state index is 13.5. The Hall–Kier alpha value is -2.89. The number of halogens is 1. The van der Waals surface area contributed by atoms with Gasteiger partial charge in [0.05, 0.1) is 5.56 Å². The smallest absolute Gasteiger partial charge is 0.338 e. The first-order valence-electron chi connectivity index (χ1n) is 7.92. The quantitative estimate of drug-likeness (QED) is 0.784. The molecule has 0 spiro atoms. The van der Waals surface area contributed by atoms with Crippen molar-refractivity contribution >= 4 is 17.6 Å². The number of ether oxygens (including phenoxy) is 1. The zero-order valence-electron chi connectivity index (χ0n) is 14.3. The van der Waals surface area contributed by atoms with E-state index in [9.17, 15) is 14.0 Å². The normalized spacial score (nSPS) is 10.2. The molecule has 132 valence electrons. The first-order chi connectivity index (χ1) is 12.0. The molecule has 1 amide bonds. The summed E-state index contributed by atoms with van der Waals surface area (Å²) < 4.78 is 18.5. The molecule has 0 aliphatic heterocycles. The zero-order chi connectivity index (χ0) is 18.2. The summed E-state index contributed by atoms with van der Waals surface area (Å²) in [5.74, 6) is -1.29. The number of esters is 1. The van der Waals surface area contributed by atoms with Crippen molar-refractivity contribution in [3.8, 4) is 0 Å². The van der Waals surface area contributed by atoms with Crippen molar-refractivity contribution in [3.63, 3.8) is 0 Å². The molecular formula is C19H21FN2O3. The third-order valence-corrected chi connectivity index (χ3v) is 3.61. The van der Waals surface area contributed by atoms with Gasteiger partial charge in [-0.2, -0.15) is 0 Å². The third-order valence-electron chi connectivity index (χ3n) is 3.61. The van der Waals surface area contributed by atoms with Gasteiger partial charge in [0.1, 0.15) is 5.82 Å². The Kier molecular flexibility index (Phi) is 6.51. The molecule has 0 saturated heterocycles. The molecule has 0 aliphatic carbocycles. The largest absolute Gasteiger partial charge is 0.452 e. The molecule has 0 aromatic heterocycles. The number of anilines is 1. The van der Waals surface area contributed by atoms with Crippen LogP contribution in [0.4, 0.5) is 10.1 Å². The van der Waals surface area contributed by atoms with Gasteiger partial charge in [-0.25, -0.2) is 9.18 Å². The average molecular weight is 344 g/mol. The first-order valence-corrected chi connectivity index (χ1v) is 7.92. The highest BCUT2D eigenvalue weighted by atomic mass is 19.1. The molecule has 0 unspecified atom stereocenters. The summed E-state index contributed by atoms with van der Waals surface area (Å²) in [6, 6.07) is 13.3. The predicted molar refractivity (Wildman–Crippen MR) is 94.2 cm³/mol. The van der Waals surface area contributed by atoms with Crippen molar-refractivity contribution in [1.82, 2.24) is 5.32 Å². The molecule has 0 fully saturated rings. The van der Waals surface area contributed by atoms with Crippen LogP contribution in [0.5, 0.6) is 0 Å². The molecule has 2 aromatic carbocycles. The van der Waals surface area contributed by atoms with Crippen molar-refractivity contribution in [2.24, 2.45) is 0 Å². The van der Waals surface area contributed by atoms with Crippen molar-refractivity contribution in [3.05, 3.63) is 65.5 Å². The summed E-state index contributed by atoms with van der Waals surface area (Å²) in [4.78, 5) is 25.6. The Bertz CT molecular complexity index is 747. The molecule has 2 aromatic rings. The van der Waals surface area contributed by atoms with Gasteiger partial charge in [-0.3, -0.25) is 4.79 Å². The summed E-state index contributed by atoms with van der Waals surface area (Å²) in [7, 11) is 3.74. The minimum atomic E-state index is -0.562. The zero-order valence-corrected chi connectivity index (χ0v) is 14.3. The molecular weight excluding hydrogens is 323 g/mol. The second-order valence-corrected chi connectivity index (χ2v) is 5.71. The van der Waals surface area contributed by atoms with Crippen LogP contribution in [0.2, 0.25) is 0 Å². The number of nitrogens with zero attached hydrogens (tertiary/aromatic N) is 1. The van der Waals surface area contributed by atoms with Gasteiger partial charge in [-0.1, -0.05) is 24.3 Å². The van der Waals surface area contributed by atoms with Crippen molar-refractivity contribution in [1.29, 1.82) is 0 Å². The maximum absolute atomic E-state index is 13.5. The number of amides is 1. The fourth-order valence-electron chi connectivity index (χ4n) is 2.21. The van der Waals surface area contributed by atoms with Gasteiger partial charge < -0.3 is 15.0 Å². The second kappa shape index (κ2) is 8.82. The number of hydrogen-bond acceptors (Lipinski definition) is 4. The highest BCUT2D eigenvalue weighted by Gasteiger charge is 2.11. The first kappa shape index (κ1) is 18.4. The topological polar surface area (TPSA) is 58.6 Å². The summed E-state index contributed by atoms with van der Waals surface area (Å²) in [5, 5.41) is 2.60. The molecule has 1 N–H and O–H groups in total. The molecule has 0 bridgehead atoms. The SMILES string of the molecule is CN(C)c1cccc(C(=O)OCC(=O)NCCc2ccccc2F)c1. The van der Waals surface area contributed by atoms with Crippen molar-refractivity contribution in [2.75, 3.05) is 32.1 Å². The Balaban J connectivity index is 1.77. The molecule has 0 heterocycles. The third kappa shape index (κ3) is 5.60. The Morgan fingerprint density at radius 2 is 1.88 bits per heavy atom. The maximum Gasteiger partial charge on any atom is 0.338 e. The Morgan fingerprint density at radius 1 is 1.12 bits per heavy atom. The van der Waals surface area contributed by atoms with E-state index in [1.54, 1.807) is 36.4 Å². The van der Waals surface area contributed by atoms with Crippen LogP contribution in [0.1, 0.15) is 15.9 Å². The van der Waals surface area contributed by atoms with Crippen LogP contribution in [0.25, 0.3) is 0 Å². The van der Waals surface area contributed by atoms with Gasteiger partial charge in [0.25, 0.3) is 5.91 Å². The highest BCUT2D eigenvalue weighted by Crippen LogP contribution is 2.14. The lowest BCUT2D eigenvalue weighted by molar-refractivity contribution is -0.124. The lowest BCUT2D eigenvalue weighted by Crippen LogP contribution is -2.30. The van der Waals surface area contributed by atoms with Gasteiger partial charge in [0.2, 0.25) is 0 Å². The van der Waals surface area contributed by atoms with Crippen LogP contribution in [0.3, 0.4) is 0 Å². The minimum Gasteiger partial charge on any atom is -0.452 e. The van der Waals surface area contributed by atoms with Crippen LogP contribution in [0, 0.1) is 5.82 Å². The van der Waals surface area contributed by atoms with E-state index in [0.29, 0.717) is 17.5 Å². The lowest BCUT2D eigenvalue weighted by atomic mass is 10.1. The summed E-state index contributed by atoms with van der Waals surface area (Å²) in [5.41, 5.74) is 1.77. The van der Waals surface area contributed by atoms with E-state index >= 15 is 0 Å². The fourth-order valence-corrected chi connectivity index (χ4v) is 2.21. The lowest BCUT2D eigenvalue weighted by Gasteiger charge is -2.13. The van der Waals surface area contributed by atoms with E-state index in [-0.39, 0.29) is 19.0 Å². The monoisotopic (exact) mass is 344 g/mol. The Labute approximate surface area is 146 Å². The fraction of sp³-hybridized carbons (Fsp3) is 0.263. The standard InChI is InChI=1S/C19H21FN2O3/c1-22(2)16-8-5-7-15(12-16)19(24)25-13-18(23)21-11-10-14-6-3-4-9-17(14)20/h3-9,12H,10-11,13H2,1-2H3,(H,21,23). The van der Waals surface area contributed by atoms with Gasteiger partial charge in [-0.05, 0) is 36.2 Å². The summed E-state index contributed by atoms with van der Waals surface area (Å²) in [6.07, 6.45) is 0.372. The van der Waals surface area contributed by atoms with Crippen molar-refractivity contribution < 1.29 is 18.7 Å². The molecule has 6 heteroatoms. The number of carbonyl (C=O) groups excluding carboxylic acids is 2. The van der Waals surface area contributed by atoms with Crippen LogP contribution >= 0.6 is 0 Å². The average Bonchev–Trinajstić information content (AvgIpc) is 2.61. The van der Waals surface area contributed by atoms with E-state index in [1.807, 2.05) is 25.1 Å². The number of benzene rings is 2. The van der Waals surface area contributed by atoms with E-state index in [2.05, 4.69) is 5.32 Å². The molecule has 25 heavy (non-hydrogen) atoms. The number of nitrogens with one attached hydrogen (secondary N) is 1. The van der Waals surface area contributed by atoms with E-state index in [1.165, 1.54) is 6.07 Å². The number of rotatable bonds is 7. The van der Waals surface area contributed by atoms with Crippen LogP contribution in [-0.2, 0) is 16.0 Å². The molecule has 0 saturated carbocycles. The number of carbonyl (C=O) groups is 2. The van der Waals surface area contributed by atoms with Gasteiger partial charge in [0, 0.05) is 26.3 Å². The van der Waals surface area contributed by atoms with Gasteiger partial charge in [0.15, 0.2) is 6.61 Å². The summed E-state index contributed by atoms with van der Waals surface area (Å²) >= 11 is 0. The van der Waals surface area contributed by atoms with E-state index in [4.69, 9.17) is 4.74 Å². The molecule has 0 aliphatic rings. The molecule has 0 radical (unpaired) electrons. The van der Waals surface area contributed by atoms with Crippen LogP contribution in [0.15, 0.2) is 48.5 Å². The van der Waals surface area contributed by atoms with Gasteiger partial charge in [-0.15, -0.1) is 0 Å². The van der Waals surface area contributed by atoms with Crippen LogP contribution < -0.4 is 10.2 Å². The van der Waals surface area contributed by atoms with Crippen LogP contribution in [-0.4, -0.2) is 39.1 Å². The Morgan fingerprint density at radius 3 is 2.60 bits per heavy atom. The van der Waals surface area contributed by atoms with E-state index in [0.717, 1.165) is 5.69 Å². The van der Waals surface area contributed by atoms with Gasteiger partial charge >= 0.3 is 5.97 Å². The second-order valence-electron chi connectivity index (χ2n) is 5.71. The summed E-state index contributed by atoms with van der Waals surface area (Å²) in [6.45, 7) is -0.101.